The van der Waals surface area contributed by atoms with Crippen LogP contribution in [0.5, 0.6) is 0 Å². The van der Waals surface area contributed by atoms with Gasteiger partial charge >= 0.3 is 0 Å². The molecule has 1 aromatic carbocycles. The van der Waals surface area contributed by atoms with Crippen LogP contribution in [0.25, 0.3) is 11.3 Å². The van der Waals surface area contributed by atoms with Gasteiger partial charge in [0.05, 0.1) is 17.8 Å². The number of ether oxygens (including phenoxy) is 2. The van der Waals surface area contributed by atoms with Gasteiger partial charge in [0.1, 0.15) is 35.5 Å². The Labute approximate surface area is 195 Å². The number of rotatable bonds is 6. The first-order valence-electron chi connectivity index (χ1n) is 9.63. The van der Waals surface area contributed by atoms with Crippen molar-refractivity contribution < 1.29 is 32.9 Å². The third-order valence-electron chi connectivity index (χ3n) is 5.12. The van der Waals surface area contributed by atoms with Crippen molar-refractivity contribution in [3.63, 3.8) is 0 Å². The summed E-state index contributed by atoms with van der Waals surface area (Å²) in [7, 11) is 1.42. The number of methoxy groups -OCH3 is 1. The largest absolute Gasteiger partial charge is 0.394 e. The van der Waals surface area contributed by atoms with E-state index < -0.39 is 53.8 Å². The lowest BCUT2D eigenvalue weighted by molar-refractivity contribution is -0.186. The Bertz CT molecular complexity index is 1120. The molecule has 3 aromatic rings. The van der Waals surface area contributed by atoms with Crippen molar-refractivity contribution in [3.05, 3.63) is 59.3 Å². The zero-order chi connectivity index (χ0) is 23.7. The van der Waals surface area contributed by atoms with Gasteiger partial charge in [-0.1, -0.05) is 28.6 Å². The number of hydrogen-bond acceptors (Lipinski definition) is 8. The molecule has 0 saturated carbocycles. The van der Waals surface area contributed by atoms with Crippen LogP contribution in [0.2, 0.25) is 5.02 Å². The van der Waals surface area contributed by atoms with Crippen molar-refractivity contribution in [1.29, 1.82) is 0 Å². The topological polar surface area (TPSA) is 103 Å². The Morgan fingerprint density at radius 1 is 1.21 bits per heavy atom. The summed E-state index contributed by atoms with van der Waals surface area (Å²) >= 11 is 7.22. The molecule has 1 aliphatic rings. The lowest BCUT2D eigenvalue weighted by atomic mass is 9.97. The molecular weight excluding hydrogens is 485 g/mol. The third-order valence-corrected chi connectivity index (χ3v) is 6.44. The van der Waals surface area contributed by atoms with Gasteiger partial charge in [0.2, 0.25) is 0 Å². The number of pyridine rings is 1. The number of aliphatic hydroxyl groups excluding tert-OH is 2. The quantitative estimate of drug-likeness (QED) is 0.496. The van der Waals surface area contributed by atoms with Gasteiger partial charge in [-0.25, -0.2) is 17.9 Å². The molecule has 1 fully saturated rings. The molecule has 176 valence electrons. The Balaban J connectivity index is 1.67. The lowest BCUT2D eigenvalue weighted by Gasteiger charge is -2.43. The minimum Gasteiger partial charge on any atom is -0.394 e. The zero-order valence-electron chi connectivity index (χ0n) is 17.0. The highest BCUT2D eigenvalue weighted by molar-refractivity contribution is 7.99. The Kier molecular flexibility index (Phi) is 7.22. The molecule has 13 heteroatoms. The third kappa shape index (κ3) is 4.86. The molecule has 2 aromatic heterocycles. The van der Waals surface area contributed by atoms with E-state index in [1.54, 1.807) is 12.3 Å². The first-order chi connectivity index (χ1) is 15.8. The zero-order valence-corrected chi connectivity index (χ0v) is 18.6. The highest BCUT2D eigenvalue weighted by Gasteiger charge is 2.47. The number of nitrogens with zero attached hydrogens (tertiary/aromatic N) is 4. The summed E-state index contributed by atoms with van der Waals surface area (Å²) < 4.78 is 53.3. The number of benzene rings is 1. The van der Waals surface area contributed by atoms with Crippen molar-refractivity contribution in [3.8, 4) is 11.3 Å². The van der Waals surface area contributed by atoms with Gasteiger partial charge in [-0.05, 0) is 18.2 Å². The maximum atomic E-state index is 13.7. The molecule has 0 aliphatic carbocycles. The van der Waals surface area contributed by atoms with Crippen LogP contribution in [-0.4, -0.2) is 67.7 Å². The van der Waals surface area contributed by atoms with Gasteiger partial charge in [0.15, 0.2) is 17.5 Å². The minimum atomic E-state index is -1.59. The maximum Gasteiger partial charge on any atom is 0.194 e. The fraction of sp³-hybridized carbons (Fsp3) is 0.350. The highest BCUT2D eigenvalue weighted by Crippen LogP contribution is 2.39. The van der Waals surface area contributed by atoms with E-state index >= 15 is 0 Å². The number of aromatic nitrogens is 4. The van der Waals surface area contributed by atoms with E-state index in [2.05, 4.69) is 15.3 Å². The smallest absolute Gasteiger partial charge is 0.194 e. The number of thioether (sulfide) groups is 1. The summed E-state index contributed by atoms with van der Waals surface area (Å²) in [5.41, 5.74) is -0.706. The van der Waals surface area contributed by atoms with Crippen molar-refractivity contribution in [2.45, 2.75) is 34.7 Å². The molecule has 33 heavy (non-hydrogen) atoms. The molecule has 5 atom stereocenters. The fourth-order valence-corrected chi connectivity index (χ4v) is 4.99. The molecule has 0 amide bonds. The lowest BCUT2D eigenvalue weighted by Crippen LogP contribution is -2.55. The number of hydrogen-bond donors (Lipinski definition) is 2. The second kappa shape index (κ2) is 9.95. The van der Waals surface area contributed by atoms with Crippen molar-refractivity contribution >= 4 is 23.4 Å². The van der Waals surface area contributed by atoms with Crippen LogP contribution in [-0.2, 0) is 9.47 Å². The molecule has 2 unspecified atom stereocenters. The first-order valence-corrected chi connectivity index (χ1v) is 10.9. The summed E-state index contributed by atoms with van der Waals surface area (Å²) in [5, 5.41) is 28.9. The highest BCUT2D eigenvalue weighted by atomic mass is 35.5. The summed E-state index contributed by atoms with van der Waals surface area (Å²) in [5.74, 6) is -4.33. The average molecular weight is 503 g/mol. The fourth-order valence-electron chi connectivity index (χ4n) is 3.56. The van der Waals surface area contributed by atoms with Crippen LogP contribution >= 0.6 is 23.4 Å². The standard InChI is InChI=1S/C20H18ClF3N4O4S/c1-31-19-17(28-7-14(26-27-28)9-2-12(22)16(24)13(23)3-9)18(30)15(8-29)32-20(19)33-11-4-10(21)5-25-6-11/h2-7,15,17-20,29-30H,8H2,1H3/t15?,17-,18-,19?,20+/m0/s1. The molecule has 3 heterocycles. The first kappa shape index (κ1) is 23.9. The van der Waals surface area contributed by atoms with Crippen molar-refractivity contribution in [2.24, 2.45) is 0 Å². The Hall–Kier alpha value is -2.22. The minimum absolute atomic E-state index is 0.0391. The summed E-state index contributed by atoms with van der Waals surface area (Å²) in [6, 6.07) is 2.38. The van der Waals surface area contributed by atoms with E-state index in [-0.39, 0.29) is 11.3 Å². The van der Waals surface area contributed by atoms with E-state index in [0.717, 1.165) is 12.1 Å². The summed E-state index contributed by atoms with van der Waals surface area (Å²) in [6.07, 6.45) is 1.36. The predicted molar refractivity (Wildman–Crippen MR) is 112 cm³/mol. The van der Waals surface area contributed by atoms with Gasteiger partial charge in [0.25, 0.3) is 0 Å². The predicted octanol–water partition coefficient (Wildman–Crippen LogP) is 2.84. The van der Waals surface area contributed by atoms with Gasteiger partial charge in [-0.2, -0.15) is 0 Å². The maximum absolute atomic E-state index is 13.7. The van der Waals surface area contributed by atoms with Crippen LogP contribution in [0.3, 0.4) is 0 Å². The van der Waals surface area contributed by atoms with Crippen LogP contribution in [0.1, 0.15) is 6.04 Å². The van der Waals surface area contributed by atoms with E-state index in [4.69, 9.17) is 21.1 Å². The van der Waals surface area contributed by atoms with Gasteiger partial charge in [-0.15, -0.1) is 5.10 Å². The molecule has 8 nitrogen and oxygen atoms in total. The molecule has 0 spiro atoms. The average Bonchev–Trinajstić information content (AvgIpc) is 3.27. The van der Waals surface area contributed by atoms with Crippen LogP contribution < -0.4 is 0 Å². The number of halogens is 4. The van der Waals surface area contributed by atoms with Gasteiger partial charge < -0.3 is 19.7 Å². The Morgan fingerprint density at radius 3 is 2.58 bits per heavy atom. The molecule has 2 N–H and O–H groups in total. The van der Waals surface area contributed by atoms with Crippen molar-refractivity contribution in [1.82, 2.24) is 20.0 Å². The normalized spacial score (nSPS) is 25.4. The Morgan fingerprint density at radius 2 is 1.94 bits per heavy atom. The van der Waals surface area contributed by atoms with Gasteiger partial charge in [0, 0.05) is 30.0 Å². The molecule has 1 saturated heterocycles. The van der Waals surface area contributed by atoms with E-state index in [9.17, 15) is 23.4 Å². The van der Waals surface area contributed by atoms with Crippen LogP contribution in [0, 0.1) is 17.5 Å². The monoisotopic (exact) mass is 502 g/mol. The van der Waals surface area contributed by atoms with Gasteiger partial charge in [-0.3, -0.25) is 4.98 Å². The van der Waals surface area contributed by atoms with E-state index in [1.807, 2.05) is 0 Å². The molecular formula is C20H18ClF3N4O4S. The SMILES string of the molecule is COC1[C@@H](Sc2cncc(Cl)c2)OC(CO)[C@H](O)[C@@H]1n1cc(-c2cc(F)c(F)c(F)c2)nn1. The van der Waals surface area contributed by atoms with Crippen LogP contribution in [0.4, 0.5) is 13.2 Å². The van der Waals surface area contributed by atoms with E-state index in [1.165, 1.54) is 35.9 Å². The molecule has 1 aliphatic heterocycles. The second-order valence-corrected chi connectivity index (χ2v) is 8.81. The molecule has 0 radical (unpaired) electrons. The summed E-state index contributed by atoms with van der Waals surface area (Å²) in [6.45, 7) is -0.491. The molecule has 0 bridgehead atoms. The van der Waals surface area contributed by atoms with E-state index in [0.29, 0.717) is 9.92 Å². The van der Waals surface area contributed by atoms with Crippen LogP contribution in [0.15, 0.2) is 41.7 Å². The van der Waals surface area contributed by atoms with Crippen molar-refractivity contribution in [2.75, 3.05) is 13.7 Å². The number of aliphatic hydroxyl groups is 2. The second-order valence-electron chi connectivity index (χ2n) is 7.20. The molecule has 4 rings (SSSR count). The summed E-state index contributed by atoms with van der Waals surface area (Å²) in [4.78, 5) is 4.69.